The predicted octanol–water partition coefficient (Wildman–Crippen LogP) is 6.62. The third-order valence-electron chi connectivity index (χ3n) is 4.64. The van der Waals surface area contributed by atoms with Gasteiger partial charge in [-0.15, -0.1) is 0 Å². The Hall–Kier alpha value is -3.28. The van der Waals surface area contributed by atoms with Crippen molar-refractivity contribution in [2.75, 3.05) is 11.9 Å². The van der Waals surface area contributed by atoms with Gasteiger partial charge in [0.2, 0.25) is 5.78 Å². The fourth-order valence-corrected chi connectivity index (χ4v) is 3.52. The van der Waals surface area contributed by atoms with Gasteiger partial charge in [0.25, 0.3) is 5.91 Å². The molecular weight excluding hydrogens is 437 g/mol. The maximum absolute atomic E-state index is 13.3. The van der Waals surface area contributed by atoms with Gasteiger partial charge in [0, 0.05) is 21.5 Å². The highest BCUT2D eigenvalue weighted by Gasteiger charge is 2.24. The van der Waals surface area contributed by atoms with E-state index in [1.54, 1.807) is 60.7 Å². The molecule has 4 aromatic rings. The van der Waals surface area contributed by atoms with Crippen LogP contribution in [0.4, 0.5) is 5.69 Å². The number of anilines is 1. The van der Waals surface area contributed by atoms with Gasteiger partial charge in [-0.2, -0.15) is 0 Å². The Labute approximate surface area is 188 Å². The van der Waals surface area contributed by atoms with Crippen molar-refractivity contribution in [2.24, 2.45) is 0 Å². The summed E-state index contributed by atoms with van der Waals surface area (Å²) in [4.78, 5) is 26.1. The minimum Gasteiger partial charge on any atom is -0.492 e. The van der Waals surface area contributed by atoms with E-state index >= 15 is 0 Å². The summed E-state index contributed by atoms with van der Waals surface area (Å²) in [6.45, 7) is 2.30. The molecule has 0 atom stereocenters. The smallest absolute Gasteiger partial charge is 0.255 e. The minimum absolute atomic E-state index is 0.0174. The Morgan fingerprint density at radius 2 is 1.68 bits per heavy atom. The summed E-state index contributed by atoms with van der Waals surface area (Å²) in [6.07, 6.45) is 0. The van der Waals surface area contributed by atoms with Gasteiger partial charge in [0.15, 0.2) is 5.76 Å². The third-order valence-corrected chi connectivity index (χ3v) is 5.19. The van der Waals surface area contributed by atoms with E-state index in [1.165, 1.54) is 6.07 Å². The first-order chi connectivity index (χ1) is 15.0. The van der Waals surface area contributed by atoms with Gasteiger partial charge in [-0.05, 0) is 61.5 Å². The quantitative estimate of drug-likeness (QED) is 0.333. The number of ketones is 1. The molecule has 0 fully saturated rings. The lowest BCUT2D eigenvalue weighted by Gasteiger charge is -2.08. The normalized spacial score (nSPS) is 10.8. The highest BCUT2D eigenvalue weighted by molar-refractivity contribution is 6.32. The number of benzene rings is 3. The molecule has 0 aliphatic rings. The Morgan fingerprint density at radius 1 is 0.968 bits per heavy atom. The van der Waals surface area contributed by atoms with Crippen molar-refractivity contribution in [1.29, 1.82) is 0 Å². The molecule has 0 saturated heterocycles. The summed E-state index contributed by atoms with van der Waals surface area (Å²) in [5.74, 6) is -0.292. The number of halogens is 2. The number of nitrogens with one attached hydrogen (secondary N) is 1. The fourth-order valence-electron chi connectivity index (χ4n) is 3.16. The highest BCUT2D eigenvalue weighted by atomic mass is 35.5. The lowest BCUT2D eigenvalue weighted by Crippen LogP contribution is -2.14. The van der Waals surface area contributed by atoms with Crippen molar-refractivity contribution in [1.82, 2.24) is 0 Å². The Balaban J connectivity index is 1.74. The average molecular weight is 454 g/mol. The van der Waals surface area contributed by atoms with Crippen LogP contribution < -0.4 is 10.1 Å². The van der Waals surface area contributed by atoms with E-state index in [1.807, 2.05) is 6.92 Å². The zero-order chi connectivity index (χ0) is 22.0. The second kappa shape index (κ2) is 8.84. The molecule has 3 aromatic carbocycles. The highest BCUT2D eigenvalue weighted by Crippen LogP contribution is 2.34. The van der Waals surface area contributed by atoms with Crippen LogP contribution in [0.1, 0.15) is 33.4 Å². The number of furan rings is 1. The SMILES string of the molecule is CCOc1ccc(C(=O)c2oc3ccccc3c2NC(=O)c2ccc(Cl)cc2)cc1Cl. The van der Waals surface area contributed by atoms with Crippen LogP contribution in [0.15, 0.2) is 71.1 Å². The predicted molar refractivity (Wildman–Crippen MR) is 122 cm³/mol. The molecule has 31 heavy (non-hydrogen) atoms. The molecule has 0 aliphatic carbocycles. The first-order valence-electron chi connectivity index (χ1n) is 9.53. The van der Waals surface area contributed by atoms with Crippen LogP contribution in [-0.2, 0) is 0 Å². The first-order valence-corrected chi connectivity index (χ1v) is 10.3. The van der Waals surface area contributed by atoms with Crippen LogP contribution in [0.25, 0.3) is 11.0 Å². The summed E-state index contributed by atoms with van der Waals surface area (Å²) < 4.78 is 11.3. The van der Waals surface area contributed by atoms with E-state index in [4.69, 9.17) is 32.4 Å². The Kier molecular flexibility index (Phi) is 5.98. The number of rotatable bonds is 6. The largest absolute Gasteiger partial charge is 0.492 e. The van der Waals surface area contributed by atoms with Gasteiger partial charge in [-0.25, -0.2) is 0 Å². The maximum Gasteiger partial charge on any atom is 0.255 e. The molecule has 4 rings (SSSR count). The first kappa shape index (κ1) is 21.0. The summed E-state index contributed by atoms with van der Waals surface area (Å²) in [5.41, 5.74) is 1.49. The molecule has 156 valence electrons. The molecular formula is C24H17Cl2NO4. The topological polar surface area (TPSA) is 68.5 Å². The van der Waals surface area contributed by atoms with Gasteiger partial charge in [-0.1, -0.05) is 35.3 Å². The Bertz CT molecular complexity index is 1280. The molecule has 1 amide bonds. The molecule has 0 spiro atoms. The van der Waals surface area contributed by atoms with E-state index in [0.717, 1.165) is 0 Å². The van der Waals surface area contributed by atoms with E-state index < -0.39 is 5.78 Å². The third kappa shape index (κ3) is 4.29. The van der Waals surface area contributed by atoms with Crippen LogP contribution in [0, 0.1) is 0 Å². The summed E-state index contributed by atoms with van der Waals surface area (Å²) in [7, 11) is 0. The van der Waals surface area contributed by atoms with Gasteiger partial charge in [0.05, 0.1) is 17.3 Å². The summed E-state index contributed by atoms with van der Waals surface area (Å²) in [5, 5.41) is 4.27. The monoisotopic (exact) mass is 453 g/mol. The summed E-state index contributed by atoms with van der Waals surface area (Å²) in [6, 6.07) is 18.3. The van der Waals surface area contributed by atoms with Gasteiger partial charge in [-0.3, -0.25) is 9.59 Å². The van der Waals surface area contributed by atoms with E-state index in [-0.39, 0.29) is 11.7 Å². The van der Waals surface area contributed by atoms with E-state index in [2.05, 4.69) is 5.32 Å². The molecule has 1 heterocycles. The number of para-hydroxylation sites is 1. The fraction of sp³-hybridized carbons (Fsp3) is 0.0833. The minimum atomic E-state index is -0.410. The van der Waals surface area contributed by atoms with Gasteiger partial charge in [0.1, 0.15) is 11.3 Å². The molecule has 1 aromatic heterocycles. The molecule has 0 radical (unpaired) electrons. The zero-order valence-electron chi connectivity index (χ0n) is 16.4. The lowest BCUT2D eigenvalue weighted by molar-refractivity contribution is 0.101. The molecule has 5 nitrogen and oxygen atoms in total. The van der Waals surface area contributed by atoms with Crippen LogP contribution in [-0.4, -0.2) is 18.3 Å². The van der Waals surface area contributed by atoms with Crippen LogP contribution >= 0.6 is 23.2 Å². The van der Waals surface area contributed by atoms with Crippen LogP contribution in [0.5, 0.6) is 5.75 Å². The van der Waals surface area contributed by atoms with Gasteiger partial charge >= 0.3 is 0 Å². The van der Waals surface area contributed by atoms with Crippen molar-refractivity contribution < 1.29 is 18.7 Å². The average Bonchev–Trinajstić information content (AvgIpc) is 3.13. The maximum atomic E-state index is 13.3. The molecule has 0 aliphatic heterocycles. The van der Waals surface area contributed by atoms with Crippen molar-refractivity contribution >= 4 is 51.5 Å². The molecule has 0 saturated carbocycles. The second-order valence-electron chi connectivity index (χ2n) is 6.67. The second-order valence-corrected chi connectivity index (χ2v) is 7.51. The van der Waals surface area contributed by atoms with Crippen molar-refractivity contribution in [3.63, 3.8) is 0 Å². The number of carbonyl (C=O) groups is 2. The number of ether oxygens (including phenoxy) is 1. The number of carbonyl (C=O) groups excluding carboxylic acids is 2. The lowest BCUT2D eigenvalue weighted by atomic mass is 10.1. The van der Waals surface area contributed by atoms with Crippen LogP contribution in [0.3, 0.4) is 0 Å². The number of hydrogen-bond acceptors (Lipinski definition) is 4. The van der Waals surface area contributed by atoms with Crippen LogP contribution in [0.2, 0.25) is 10.0 Å². The molecule has 1 N–H and O–H groups in total. The van der Waals surface area contributed by atoms with Crippen molar-refractivity contribution in [2.45, 2.75) is 6.92 Å². The van der Waals surface area contributed by atoms with E-state index in [0.29, 0.717) is 50.2 Å². The Morgan fingerprint density at radius 3 is 2.39 bits per heavy atom. The molecule has 0 unspecified atom stereocenters. The van der Waals surface area contributed by atoms with Crippen molar-refractivity contribution in [3.05, 3.63) is 93.7 Å². The molecule has 0 bridgehead atoms. The zero-order valence-corrected chi connectivity index (χ0v) is 18.0. The number of hydrogen-bond donors (Lipinski definition) is 1. The number of amides is 1. The standard InChI is InChI=1S/C24H17Cl2NO4/c1-2-30-20-12-9-15(13-18(20)26)22(28)23-21(17-5-3-4-6-19(17)31-23)27-24(29)14-7-10-16(25)11-8-14/h3-13H,2H2,1H3,(H,27,29). The molecule has 7 heteroatoms. The number of fused-ring (bicyclic) bond motifs is 1. The van der Waals surface area contributed by atoms with E-state index in [9.17, 15) is 9.59 Å². The van der Waals surface area contributed by atoms with Gasteiger partial charge < -0.3 is 14.5 Å². The summed E-state index contributed by atoms with van der Waals surface area (Å²) >= 11 is 12.2. The van der Waals surface area contributed by atoms with Crippen molar-refractivity contribution in [3.8, 4) is 5.75 Å².